The van der Waals surface area contributed by atoms with Crippen molar-refractivity contribution in [2.45, 2.75) is 54.3 Å². The number of aromatic nitrogens is 1. The van der Waals surface area contributed by atoms with Gasteiger partial charge in [0, 0.05) is 46.7 Å². The van der Waals surface area contributed by atoms with Crippen molar-refractivity contribution in [2.24, 2.45) is 0 Å². The quantitative estimate of drug-likeness (QED) is 0.243. The fraction of sp³-hybridized carbons (Fsp3) is 0.310. The van der Waals surface area contributed by atoms with Crippen LogP contribution in [0.3, 0.4) is 0 Å². The summed E-state index contributed by atoms with van der Waals surface area (Å²) in [5.41, 5.74) is 11.6. The van der Waals surface area contributed by atoms with Gasteiger partial charge in [0.25, 0.3) is 0 Å². The molecule has 0 atom stereocenters. The molecular weight excluding hydrogens is 420 g/mol. The van der Waals surface area contributed by atoms with Crippen LogP contribution in [0.2, 0.25) is 19.6 Å². The number of pyridine rings is 1. The van der Waals surface area contributed by atoms with Gasteiger partial charge in [-0.2, -0.15) is 4.58 Å². The summed E-state index contributed by atoms with van der Waals surface area (Å²) in [6.07, 6.45) is 4.30. The fourth-order valence-electron chi connectivity index (χ4n) is 5.33. The molecule has 4 aromatic rings. The van der Waals surface area contributed by atoms with Gasteiger partial charge in [0.15, 0.2) is 12.3 Å². The maximum Gasteiger partial charge on any atom is 0.215 e. The average molecular weight is 454 g/mol. The Morgan fingerprint density at radius 2 is 1.73 bits per heavy atom. The first-order chi connectivity index (χ1) is 15.6. The molecule has 2 aromatic carbocycles. The first kappa shape index (κ1) is 21.8. The molecule has 0 bridgehead atoms. The first-order valence-corrected chi connectivity index (χ1v) is 15.3. The van der Waals surface area contributed by atoms with Crippen LogP contribution in [0.5, 0.6) is 0 Å². The lowest BCUT2D eigenvalue weighted by Crippen LogP contribution is -2.38. The number of rotatable bonds is 3. The Morgan fingerprint density at radius 3 is 2.39 bits per heavy atom. The number of allylic oxidation sites excluding steroid dienone is 1. The molecule has 0 saturated carbocycles. The topological polar surface area (TPSA) is 29.0 Å². The number of benzene rings is 2. The van der Waals surface area contributed by atoms with E-state index in [4.69, 9.17) is 9.40 Å². The van der Waals surface area contributed by atoms with E-state index in [-0.39, 0.29) is 0 Å². The minimum Gasteiger partial charge on any atom is -0.455 e. The molecule has 1 aliphatic rings. The minimum absolute atomic E-state index is 0.935. The maximum atomic E-state index is 6.57. The molecule has 1 aliphatic heterocycles. The van der Waals surface area contributed by atoms with Crippen molar-refractivity contribution < 1.29 is 8.99 Å². The summed E-state index contributed by atoms with van der Waals surface area (Å²) in [6.45, 7) is 19.1. The molecule has 168 valence electrons. The zero-order chi connectivity index (χ0) is 23.7. The minimum atomic E-state index is -1.59. The summed E-state index contributed by atoms with van der Waals surface area (Å²) in [4.78, 5) is 4.95. The monoisotopic (exact) mass is 453 g/mol. The van der Waals surface area contributed by atoms with Gasteiger partial charge in [0.2, 0.25) is 5.69 Å². The van der Waals surface area contributed by atoms with E-state index in [2.05, 4.69) is 95.2 Å². The van der Waals surface area contributed by atoms with Gasteiger partial charge in [0.05, 0.1) is 13.8 Å². The van der Waals surface area contributed by atoms with Gasteiger partial charge in [-0.25, -0.2) is 0 Å². The van der Waals surface area contributed by atoms with Gasteiger partial charge in [-0.1, -0.05) is 37.3 Å². The molecule has 33 heavy (non-hydrogen) atoms. The molecule has 3 heterocycles. The molecule has 2 aromatic heterocycles. The Hall–Kier alpha value is -2.98. The zero-order valence-electron chi connectivity index (χ0n) is 21.1. The van der Waals surface area contributed by atoms with Crippen LogP contribution in [0.1, 0.15) is 30.5 Å². The molecule has 4 heteroatoms. The predicted octanol–water partition coefficient (Wildman–Crippen LogP) is 7.18. The van der Waals surface area contributed by atoms with E-state index in [9.17, 15) is 0 Å². The van der Waals surface area contributed by atoms with Crippen LogP contribution in [0.4, 0.5) is 5.69 Å². The second-order valence-corrected chi connectivity index (χ2v) is 15.7. The predicted molar refractivity (Wildman–Crippen MR) is 143 cm³/mol. The Labute approximate surface area is 197 Å². The van der Waals surface area contributed by atoms with Crippen molar-refractivity contribution in [1.29, 1.82) is 0 Å². The highest BCUT2D eigenvalue weighted by molar-refractivity contribution is 6.90. The van der Waals surface area contributed by atoms with Gasteiger partial charge in [-0.15, -0.1) is 0 Å². The van der Waals surface area contributed by atoms with Gasteiger partial charge in [-0.05, 0) is 56.7 Å². The molecule has 3 nitrogen and oxygen atoms in total. The van der Waals surface area contributed by atoms with Crippen LogP contribution in [0, 0.1) is 20.8 Å². The van der Waals surface area contributed by atoms with Crippen molar-refractivity contribution >= 4 is 46.6 Å². The molecule has 5 rings (SSSR count). The Morgan fingerprint density at radius 1 is 0.970 bits per heavy atom. The standard InChI is InChI=1S/C29H33N2OSi/c1-17-9-11-24-23(14-17)26-25(33(6,7)8)12-10-22(29(26)32-24)27-21(5)28(19(3)15-30-27)31-16-18(2)13-20(31)4/h9-15H,16H2,1-8H3/q+1. The number of hydrogen-bond acceptors (Lipinski definition) is 2. The first-order valence-electron chi connectivity index (χ1n) is 11.8. The van der Waals surface area contributed by atoms with E-state index in [1.54, 1.807) is 0 Å². The SMILES string of the molecule is CC1=CC(C)=[N+](c2c(C)cnc(-c3ccc([Si](C)(C)C)c4c3oc3ccc(C)cc34)c2C)C1. The van der Waals surface area contributed by atoms with E-state index >= 15 is 0 Å². The summed E-state index contributed by atoms with van der Waals surface area (Å²) in [5, 5.41) is 3.94. The molecule has 0 saturated heterocycles. The smallest absolute Gasteiger partial charge is 0.215 e. The lowest BCUT2D eigenvalue weighted by molar-refractivity contribution is -0.427. The van der Waals surface area contributed by atoms with Crippen LogP contribution >= 0.6 is 0 Å². The van der Waals surface area contributed by atoms with E-state index in [1.165, 1.54) is 49.6 Å². The Kier molecular flexibility index (Phi) is 4.98. The second kappa shape index (κ2) is 7.52. The van der Waals surface area contributed by atoms with Gasteiger partial charge < -0.3 is 4.42 Å². The normalized spacial score (nSPS) is 14.6. The molecule has 0 spiro atoms. The number of fused-ring (bicyclic) bond motifs is 3. The van der Waals surface area contributed by atoms with E-state index < -0.39 is 8.07 Å². The molecule has 0 amide bonds. The Bertz CT molecular complexity index is 1510. The summed E-state index contributed by atoms with van der Waals surface area (Å²) in [6, 6.07) is 11.1. The molecular formula is C29H33N2OSi+. The second-order valence-electron chi connectivity index (χ2n) is 10.7. The van der Waals surface area contributed by atoms with Gasteiger partial charge in [0.1, 0.15) is 11.2 Å². The van der Waals surface area contributed by atoms with Gasteiger partial charge >= 0.3 is 0 Å². The molecule has 0 N–H and O–H groups in total. The zero-order valence-corrected chi connectivity index (χ0v) is 22.1. The van der Waals surface area contributed by atoms with Crippen molar-refractivity contribution in [2.75, 3.05) is 6.54 Å². The van der Waals surface area contributed by atoms with Crippen LogP contribution in [-0.2, 0) is 0 Å². The number of nitrogens with zero attached hydrogens (tertiary/aromatic N) is 2. The van der Waals surface area contributed by atoms with Crippen LogP contribution < -0.4 is 5.19 Å². The van der Waals surface area contributed by atoms with Crippen molar-refractivity contribution in [3.05, 3.63) is 64.9 Å². The third kappa shape index (κ3) is 3.48. The molecule has 0 unspecified atom stereocenters. The van der Waals surface area contributed by atoms with Crippen LogP contribution in [0.25, 0.3) is 33.2 Å². The fourth-order valence-corrected chi connectivity index (χ4v) is 6.91. The molecule has 0 aliphatic carbocycles. The summed E-state index contributed by atoms with van der Waals surface area (Å²) < 4.78 is 8.99. The highest BCUT2D eigenvalue weighted by atomic mass is 28.3. The van der Waals surface area contributed by atoms with Crippen molar-refractivity contribution in [3.8, 4) is 11.3 Å². The third-order valence-corrected chi connectivity index (χ3v) is 8.90. The van der Waals surface area contributed by atoms with Crippen molar-refractivity contribution in [3.63, 3.8) is 0 Å². The van der Waals surface area contributed by atoms with Gasteiger partial charge in [-0.3, -0.25) is 4.98 Å². The molecule has 0 radical (unpaired) electrons. The average Bonchev–Trinajstić information content (AvgIpc) is 3.26. The Balaban J connectivity index is 1.83. The maximum absolute atomic E-state index is 6.57. The lowest BCUT2D eigenvalue weighted by Gasteiger charge is -2.19. The highest BCUT2D eigenvalue weighted by Gasteiger charge is 2.29. The summed E-state index contributed by atoms with van der Waals surface area (Å²) >= 11 is 0. The number of aryl methyl sites for hydroxylation is 2. The van der Waals surface area contributed by atoms with Crippen molar-refractivity contribution in [1.82, 2.24) is 4.98 Å². The van der Waals surface area contributed by atoms with E-state index in [0.717, 1.165) is 29.0 Å². The summed E-state index contributed by atoms with van der Waals surface area (Å²) in [5.74, 6) is 0. The van der Waals surface area contributed by atoms with Crippen LogP contribution in [0.15, 0.2) is 52.6 Å². The number of furan rings is 1. The van der Waals surface area contributed by atoms with E-state index in [0.29, 0.717) is 0 Å². The molecule has 0 fully saturated rings. The lowest BCUT2D eigenvalue weighted by atomic mass is 10.00. The summed E-state index contributed by atoms with van der Waals surface area (Å²) in [7, 11) is -1.59. The highest BCUT2D eigenvalue weighted by Crippen LogP contribution is 2.39. The van der Waals surface area contributed by atoms with Crippen LogP contribution in [-0.4, -0.2) is 29.9 Å². The third-order valence-electron chi connectivity index (χ3n) is 6.87. The largest absolute Gasteiger partial charge is 0.455 e. The number of hydrogen-bond donors (Lipinski definition) is 0. The van der Waals surface area contributed by atoms with E-state index in [1.807, 2.05) is 6.20 Å².